The van der Waals surface area contributed by atoms with E-state index in [1.54, 1.807) is 0 Å². The lowest BCUT2D eigenvalue weighted by Crippen LogP contribution is -2.26. The van der Waals surface area contributed by atoms with Crippen LogP contribution in [0.5, 0.6) is 0 Å². The molecular formula is C6H9Cl3N2O2S. The number of hydrazone groups is 1. The van der Waals surface area contributed by atoms with E-state index in [0.717, 1.165) is 6.21 Å². The van der Waals surface area contributed by atoms with E-state index in [0.29, 0.717) is 6.42 Å². The van der Waals surface area contributed by atoms with Crippen LogP contribution in [0.1, 0.15) is 6.42 Å². The number of sulfone groups is 1. The number of hydrogen-bond acceptors (Lipinski definition) is 4. The van der Waals surface area contributed by atoms with Crippen molar-refractivity contribution in [3.63, 3.8) is 0 Å². The van der Waals surface area contributed by atoms with Gasteiger partial charge in [0.15, 0.2) is 9.84 Å². The van der Waals surface area contributed by atoms with Crippen LogP contribution in [0, 0.1) is 0 Å². The normalized spacial score (nSPS) is 26.9. The molecule has 0 unspecified atom stereocenters. The van der Waals surface area contributed by atoms with Gasteiger partial charge in [-0.25, -0.2) is 8.42 Å². The van der Waals surface area contributed by atoms with E-state index >= 15 is 0 Å². The summed E-state index contributed by atoms with van der Waals surface area (Å²) < 4.78 is 20.5. The highest BCUT2D eigenvalue weighted by molar-refractivity contribution is 7.91. The zero-order valence-corrected chi connectivity index (χ0v) is 10.2. The summed E-state index contributed by atoms with van der Waals surface area (Å²) >= 11 is 16.2. The maximum atomic E-state index is 11.0. The first kappa shape index (κ1) is 12.4. The minimum Gasteiger partial charge on any atom is -0.306 e. The molecular weight excluding hydrogens is 271 g/mol. The first-order valence-corrected chi connectivity index (χ1v) is 6.81. The maximum absolute atomic E-state index is 11.0. The van der Waals surface area contributed by atoms with Crippen molar-refractivity contribution < 1.29 is 8.42 Å². The second-order valence-electron chi connectivity index (χ2n) is 3.03. The average Bonchev–Trinajstić information content (AvgIpc) is 2.27. The van der Waals surface area contributed by atoms with Crippen molar-refractivity contribution in [1.82, 2.24) is 5.43 Å². The molecule has 8 heteroatoms. The molecule has 0 aliphatic carbocycles. The predicted molar refractivity (Wildman–Crippen MR) is 59.0 cm³/mol. The van der Waals surface area contributed by atoms with E-state index in [9.17, 15) is 8.42 Å². The summed E-state index contributed by atoms with van der Waals surface area (Å²) in [5.74, 6) is 0.276. The minimum atomic E-state index is -2.90. The standard InChI is InChI=1S/C6H9Cl3N2O2S/c7-6(8,9)4-10-11-5-1-2-14(12,13)3-5/h4-5,11H,1-3H2/b10-4-/t5-/m0/s1. The Morgan fingerprint density at radius 3 is 2.50 bits per heavy atom. The van der Waals surface area contributed by atoms with Crippen LogP contribution in [0.2, 0.25) is 0 Å². The summed E-state index contributed by atoms with van der Waals surface area (Å²) in [6.07, 6.45) is 1.64. The Hall–Kier alpha value is 0.290. The summed E-state index contributed by atoms with van der Waals surface area (Å²) in [6, 6.07) is -0.177. The zero-order chi connectivity index (χ0) is 10.8. The molecule has 0 amide bonds. The van der Waals surface area contributed by atoms with Crippen molar-refractivity contribution in [2.45, 2.75) is 16.3 Å². The number of alkyl halides is 3. The quantitative estimate of drug-likeness (QED) is 0.468. The molecule has 0 spiro atoms. The molecule has 1 aliphatic heterocycles. The summed E-state index contributed by atoms with van der Waals surface area (Å²) in [6.45, 7) is 0. The SMILES string of the molecule is O=S1(=O)CC[C@H](N/N=C\C(Cl)(Cl)Cl)C1. The third kappa shape index (κ3) is 4.68. The van der Waals surface area contributed by atoms with Gasteiger partial charge in [0, 0.05) is 0 Å². The summed E-state index contributed by atoms with van der Waals surface area (Å²) in [5.41, 5.74) is 2.63. The van der Waals surface area contributed by atoms with Gasteiger partial charge in [-0.2, -0.15) is 5.10 Å². The first-order chi connectivity index (χ1) is 6.29. The fourth-order valence-corrected chi connectivity index (χ4v) is 2.92. The van der Waals surface area contributed by atoms with Gasteiger partial charge in [-0.1, -0.05) is 34.8 Å². The molecule has 0 aromatic rings. The first-order valence-electron chi connectivity index (χ1n) is 3.85. The molecule has 1 aliphatic rings. The van der Waals surface area contributed by atoms with Crippen LogP contribution >= 0.6 is 34.8 Å². The number of nitrogens with one attached hydrogen (secondary N) is 1. The summed E-state index contributed by atoms with van der Waals surface area (Å²) in [5, 5.41) is 3.65. The Balaban J connectivity index is 2.38. The molecule has 1 fully saturated rings. The second kappa shape index (κ2) is 4.43. The van der Waals surface area contributed by atoms with Crippen molar-refractivity contribution in [2.24, 2.45) is 5.10 Å². The third-order valence-electron chi connectivity index (χ3n) is 1.70. The smallest absolute Gasteiger partial charge is 0.227 e. The number of hydrogen-bond donors (Lipinski definition) is 1. The van der Waals surface area contributed by atoms with Gasteiger partial charge in [0.1, 0.15) is 0 Å². The van der Waals surface area contributed by atoms with Gasteiger partial charge < -0.3 is 5.43 Å². The molecule has 1 rings (SSSR count). The van der Waals surface area contributed by atoms with Gasteiger partial charge in [0.05, 0.1) is 23.8 Å². The van der Waals surface area contributed by atoms with Crippen molar-refractivity contribution in [2.75, 3.05) is 11.5 Å². The van der Waals surface area contributed by atoms with E-state index in [1.807, 2.05) is 0 Å². The fraction of sp³-hybridized carbons (Fsp3) is 0.833. The molecule has 1 saturated heterocycles. The van der Waals surface area contributed by atoms with Crippen LogP contribution < -0.4 is 5.43 Å². The Morgan fingerprint density at radius 1 is 1.43 bits per heavy atom. The fourth-order valence-electron chi connectivity index (χ4n) is 1.11. The van der Waals surface area contributed by atoms with Crippen molar-refractivity contribution in [1.29, 1.82) is 0 Å². The lowest BCUT2D eigenvalue weighted by Gasteiger charge is -2.07. The average molecular weight is 280 g/mol. The van der Waals surface area contributed by atoms with Crippen molar-refractivity contribution in [3.05, 3.63) is 0 Å². The number of halogens is 3. The molecule has 82 valence electrons. The van der Waals surface area contributed by atoms with Gasteiger partial charge in [0.2, 0.25) is 3.79 Å². The van der Waals surface area contributed by atoms with E-state index in [4.69, 9.17) is 34.8 Å². The van der Waals surface area contributed by atoms with Crippen LogP contribution in [0.4, 0.5) is 0 Å². The van der Waals surface area contributed by atoms with E-state index in [-0.39, 0.29) is 17.5 Å². The highest BCUT2D eigenvalue weighted by Crippen LogP contribution is 2.22. The van der Waals surface area contributed by atoms with Crippen molar-refractivity contribution in [3.8, 4) is 0 Å². The number of nitrogens with zero attached hydrogens (tertiary/aromatic N) is 1. The Morgan fingerprint density at radius 2 is 2.07 bits per heavy atom. The van der Waals surface area contributed by atoms with Gasteiger partial charge in [-0.3, -0.25) is 0 Å². The van der Waals surface area contributed by atoms with Gasteiger partial charge in [-0.15, -0.1) is 0 Å². The molecule has 1 N–H and O–H groups in total. The van der Waals surface area contributed by atoms with Crippen LogP contribution in [-0.4, -0.2) is 36.0 Å². The van der Waals surface area contributed by atoms with Crippen LogP contribution in [0.3, 0.4) is 0 Å². The largest absolute Gasteiger partial charge is 0.306 e. The van der Waals surface area contributed by atoms with Crippen LogP contribution in [0.15, 0.2) is 5.10 Å². The molecule has 0 aromatic carbocycles. The lowest BCUT2D eigenvalue weighted by atomic mass is 10.3. The minimum absolute atomic E-state index is 0.0875. The number of rotatable bonds is 2. The Bertz CT molecular complexity index is 322. The van der Waals surface area contributed by atoms with E-state index in [2.05, 4.69) is 10.5 Å². The predicted octanol–water partition coefficient (Wildman–Crippen LogP) is 1.12. The summed E-state index contributed by atoms with van der Waals surface area (Å²) in [7, 11) is -2.90. The van der Waals surface area contributed by atoms with Crippen molar-refractivity contribution >= 4 is 50.9 Å². The molecule has 0 bridgehead atoms. The van der Waals surface area contributed by atoms with E-state index < -0.39 is 13.6 Å². The highest BCUT2D eigenvalue weighted by Gasteiger charge is 2.27. The van der Waals surface area contributed by atoms with E-state index in [1.165, 1.54) is 0 Å². The molecule has 14 heavy (non-hydrogen) atoms. The summed E-state index contributed by atoms with van der Waals surface area (Å²) in [4.78, 5) is 0. The zero-order valence-electron chi connectivity index (χ0n) is 7.08. The topological polar surface area (TPSA) is 58.5 Å². The van der Waals surface area contributed by atoms with Crippen LogP contribution in [0.25, 0.3) is 0 Å². The van der Waals surface area contributed by atoms with Gasteiger partial charge in [-0.05, 0) is 6.42 Å². The molecule has 0 saturated carbocycles. The monoisotopic (exact) mass is 278 g/mol. The molecule has 0 aromatic heterocycles. The maximum Gasteiger partial charge on any atom is 0.227 e. The molecule has 4 nitrogen and oxygen atoms in total. The lowest BCUT2D eigenvalue weighted by molar-refractivity contribution is 0.578. The third-order valence-corrected chi connectivity index (χ3v) is 3.76. The molecule has 0 radical (unpaired) electrons. The second-order valence-corrected chi connectivity index (χ2v) is 7.63. The molecule has 1 atom stereocenters. The van der Waals surface area contributed by atoms with Gasteiger partial charge in [0.25, 0.3) is 0 Å². The Kier molecular flexibility index (Phi) is 3.91. The van der Waals surface area contributed by atoms with Crippen LogP contribution in [-0.2, 0) is 9.84 Å². The highest BCUT2D eigenvalue weighted by atomic mass is 35.6. The van der Waals surface area contributed by atoms with Gasteiger partial charge >= 0.3 is 0 Å². The Labute approximate surface area is 97.5 Å². The molecule has 1 heterocycles.